The van der Waals surface area contributed by atoms with Crippen LogP contribution in [0.2, 0.25) is 0 Å². The van der Waals surface area contributed by atoms with Gasteiger partial charge in [-0.2, -0.15) is 5.10 Å². The molecule has 0 aliphatic rings. The molecule has 1 heterocycles. The lowest BCUT2D eigenvalue weighted by Crippen LogP contribution is -1.91. The molecule has 0 saturated carbocycles. The van der Waals surface area contributed by atoms with Crippen molar-refractivity contribution in [3.63, 3.8) is 0 Å². The molecule has 0 spiro atoms. The van der Waals surface area contributed by atoms with E-state index < -0.39 is 5.82 Å². The lowest BCUT2D eigenvalue weighted by atomic mass is 10.2. The van der Waals surface area contributed by atoms with Crippen molar-refractivity contribution in [2.45, 2.75) is 0 Å². The van der Waals surface area contributed by atoms with Gasteiger partial charge in [0.15, 0.2) is 5.82 Å². The first kappa shape index (κ1) is 7.72. The normalized spacial score (nSPS) is 10.2. The van der Waals surface area contributed by atoms with Crippen molar-refractivity contribution in [3.05, 3.63) is 30.3 Å². The molecule has 0 atom stereocenters. The smallest absolute Gasteiger partial charge is 0.180 e. The first-order chi connectivity index (χ1) is 6.27. The number of aromatic nitrogens is 3. The van der Waals surface area contributed by atoms with Gasteiger partial charge in [-0.05, 0) is 18.2 Å². The standard InChI is InChI=1S/C8H7FN4/c9-6-3-5(1-2-7(6)10)8-11-4-12-13-8/h1-4H,10H2,(H,11,12,13). The maximum absolute atomic E-state index is 13.0. The molecule has 13 heavy (non-hydrogen) atoms. The molecule has 0 aliphatic heterocycles. The van der Waals surface area contributed by atoms with Crippen LogP contribution >= 0.6 is 0 Å². The summed E-state index contributed by atoms with van der Waals surface area (Å²) in [6.07, 6.45) is 1.43. The van der Waals surface area contributed by atoms with E-state index in [1.54, 1.807) is 6.07 Å². The third-order valence-electron chi connectivity index (χ3n) is 1.67. The number of benzene rings is 1. The predicted molar refractivity (Wildman–Crippen MR) is 46.2 cm³/mol. The number of nitrogens with zero attached hydrogens (tertiary/aromatic N) is 2. The third kappa shape index (κ3) is 1.35. The minimum atomic E-state index is -0.456. The number of nitrogens with one attached hydrogen (secondary N) is 1. The fraction of sp³-hybridized carbons (Fsp3) is 0. The van der Waals surface area contributed by atoms with E-state index in [0.29, 0.717) is 11.4 Å². The van der Waals surface area contributed by atoms with Crippen LogP contribution in [0.4, 0.5) is 10.1 Å². The van der Waals surface area contributed by atoms with Crippen molar-refractivity contribution >= 4 is 5.69 Å². The Morgan fingerprint density at radius 2 is 2.23 bits per heavy atom. The average molecular weight is 178 g/mol. The van der Waals surface area contributed by atoms with Gasteiger partial charge in [-0.3, -0.25) is 5.10 Å². The molecule has 0 amide bonds. The zero-order valence-corrected chi connectivity index (χ0v) is 6.66. The van der Waals surface area contributed by atoms with E-state index in [4.69, 9.17) is 5.73 Å². The molecule has 1 aromatic heterocycles. The van der Waals surface area contributed by atoms with Crippen LogP contribution in [0.15, 0.2) is 24.5 Å². The Labute approximate surface area is 73.6 Å². The lowest BCUT2D eigenvalue weighted by Gasteiger charge is -1.97. The van der Waals surface area contributed by atoms with Crippen LogP contribution in [0.3, 0.4) is 0 Å². The van der Waals surface area contributed by atoms with Crippen molar-refractivity contribution < 1.29 is 4.39 Å². The van der Waals surface area contributed by atoms with Crippen LogP contribution in [0.5, 0.6) is 0 Å². The highest BCUT2D eigenvalue weighted by Crippen LogP contribution is 2.18. The Hall–Kier alpha value is -1.91. The topological polar surface area (TPSA) is 67.6 Å². The van der Waals surface area contributed by atoms with Gasteiger partial charge in [-0.25, -0.2) is 9.37 Å². The second-order valence-corrected chi connectivity index (χ2v) is 2.56. The highest BCUT2D eigenvalue weighted by atomic mass is 19.1. The number of hydrogen-bond acceptors (Lipinski definition) is 3. The Balaban J connectivity index is 2.49. The van der Waals surface area contributed by atoms with Gasteiger partial charge < -0.3 is 5.73 Å². The Bertz CT molecular complexity index is 410. The molecule has 2 rings (SSSR count). The van der Waals surface area contributed by atoms with E-state index in [-0.39, 0.29) is 5.69 Å². The fourth-order valence-corrected chi connectivity index (χ4v) is 1.01. The Kier molecular flexibility index (Phi) is 1.70. The van der Waals surface area contributed by atoms with Gasteiger partial charge >= 0.3 is 0 Å². The van der Waals surface area contributed by atoms with Gasteiger partial charge in [0.25, 0.3) is 0 Å². The van der Waals surface area contributed by atoms with Crippen LogP contribution in [0.1, 0.15) is 0 Å². The molecule has 1 aromatic carbocycles. The first-order valence-electron chi connectivity index (χ1n) is 3.68. The molecule has 0 bridgehead atoms. The van der Waals surface area contributed by atoms with E-state index in [0.717, 1.165) is 0 Å². The van der Waals surface area contributed by atoms with Crippen LogP contribution in [0, 0.1) is 5.82 Å². The fourth-order valence-electron chi connectivity index (χ4n) is 1.01. The highest BCUT2D eigenvalue weighted by Gasteiger charge is 2.04. The number of anilines is 1. The Morgan fingerprint density at radius 3 is 2.85 bits per heavy atom. The number of aromatic amines is 1. The molecular formula is C8H7FN4. The zero-order valence-electron chi connectivity index (χ0n) is 6.66. The van der Waals surface area contributed by atoms with Crippen molar-refractivity contribution in [1.29, 1.82) is 0 Å². The van der Waals surface area contributed by atoms with E-state index >= 15 is 0 Å². The summed E-state index contributed by atoms with van der Waals surface area (Å²) in [5, 5.41) is 6.36. The molecule has 4 nitrogen and oxygen atoms in total. The maximum Gasteiger partial charge on any atom is 0.180 e. The first-order valence-corrected chi connectivity index (χ1v) is 3.68. The zero-order chi connectivity index (χ0) is 9.26. The van der Waals surface area contributed by atoms with Crippen LogP contribution < -0.4 is 5.73 Å². The summed E-state index contributed by atoms with van der Waals surface area (Å²) in [4.78, 5) is 3.88. The van der Waals surface area contributed by atoms with E-state index in [1.165, 1.54) is 18.5 Å². The number of rotatable bonds is 1. The number of halogens is 1. The molecule has 0 unspecified atom stereocenters. The average Bonchev–Trinajstić information content (AvgIpc) is 2.62. The van der Waals surface area contributed by atoms with Crippen molar-refractivity contribution in [1.82, 2.24) is 15.2 Å². The van der Waals surface area contributed by atoms with E-state index in [9.17, 15) is 4.39 Å². The summed E-state index contributed by atoms with van der Waals surface area (Å²) in [6.45, 7) is 0. The summed E-state index contributed by atoms with van der Waals surface area (Å²) in [7, 11) is 0. The van der Waals surface area contributed by atoms with Crippen LogP contribution in [-0.4, -0.2) is 15.2 Å². The predicted octanol–water partition coefficient (Wildman–Crippen LogP) is 1.19. The van der Waals surface area contributed by atoms with Crippen LogP contribution in [0.25, 0.3) is 11.4 Å². The van der Waals surface area contributed by atoms with E-state index in [1.807, 2.05) is 0 Å². The van der Waals surface area contributed by atoms with E-state index in [2.05, 4.69) is 15.2 Å². The van der Waals surface area contributed by atoms with Crippen LogP contribution in [-0.2, 0) is 0 Å². The summed E-state index contributed by atoms with van der Waals surface area (Å²) in [5.74, 6) is 0.00111. The maximum atomic E-state index is 13.0. The number of nitrogens with two attached hydrogens (primary N) is 1. The second kappa shape index (κ2) is 2.85. The number of hydrogen-bond donors (Lipinski definition) is 2. The molecule has 66 valence electrons. The van der Waals surface area contributed by atoms with Crippen molar-refractivity contribution in [3.8, 4) is 11.4 Å². The van der Waals surface area contributed by atoms with Gasteiger partial charge in [-0.15, -0.1) is 0 Å². The molecule has 0 fully saturated rings. The molecule has 2 aromatic rings. The van der Waals surface area contributed by atoms with Gasteiger partial charge in [0.1, 0.15) is 12.1 Å². The lowest BCUT2D eigenvalue weighted by molar-refractivity contribution is 0.633. The van der Waals surface area contributed by atoms with Gasteiger partial charge in [0.05, 0.1) is 5.69 Å². The van der Waals surface area contributed by atoms with Gasteiger partial charge in [0.2, 0.25) is 0 Å². The molecular weight excluding hydrogens is 171 g/mol. The summed E-state index contributed by atoms with van der Waals surface area (Å²) in [6, 6.07) is 4.46. The second-order valence-electron chi connectivity index (χ2n) is 2.56. The minimum absolute atomic E-state index is 0.124. The third-order valence-corrected chi connectivity index (χ3v) is 1.67. The molecule has 5 heteroatoms. The Morgan fingerprint density at radius 1 is 1.38 bits per heavy atom. The summed E-state index contributed by atoms with van der Waals surface area (Å²) >= 11 is 0. The quantitative estimate of drug-likeness (QED) is 0.644. The van der Waals surface area contributed by atoms with Crippen molar-refractivity contribution in [2.75, 3.05) is 5.73 Å². The van der Waals surface area contributed by atoms with Crippen molar-refractivity contribution in [2.24, 2.45) is 0 Å². The summed E-state index contributed by atoms with van der Waals surface area (Å²) < 4.78 is 13.0. The number of nitrogen functional groups attached to an aromatic ring is 1. The number of H-pyrrole nitrogens is 1. The molecule has 0 aliphatic carbocycles. The van der Waals surface area contributed by atoms with Gasteiger partial charge in [-0.1, -0.05) is 0 Å². The van der Waals surface area contributed by atoms with Gasteiger partial charge in [0, 0.05) is 5.56 Å². The monoisotopic (exact) mass is 178 g/mol. The molecule has 0 saturated heterocycles. The minimum Gasteiger partial charge on any atom is -0.396 e. The largest absolute Gasteiger partial charge is 0.396 e. The highest BCUT2D eigenvalue weighted by molar-refractivity contribution is 5.58. The molecule has 3 N–H and O–H groups in total. The molecule has 0 radical (unpaired) electrons. The SMILES string of the molecule is Nc1ccc(-c2nc[nH]n2)cc1F. The summed E-state index contributed by atoms with van der Waals surface area (Å²) in [5.41, 5.74) is 6.05.